The van der Waals surface area contributed by atoms with Gasteiger partial charge in [0.2, 0.25) is 0 Å². The van der Waals surface area contributed by atoms with Gasteiger partial charge in [0, 0.05) is 32.4 Å². The van der Waals surface area contributed by atoms with Crippen LogP contribution in [0.1, 0.15) is 79.7 Å². The molecule has 1 fully saturated rings. The molecule has 0 saturated carbocycles. The molecule has 0 aliphatic carbocycles. The SMILES string of the molecule is CC[C@H](OC)[C@@H](C)[C@H]1O[C@@H]1C(NCc1ccc(F)c(F)c1)C(C)(O)/C=C/C=C(\C)[C@H]1OC(=O)C[C@H](O)CC[C@@](C)(O)[C@@H](OC(C)=O)/C=C/[C@@H]1C. The lowest BCUT2D eigenvalue weighted by Gasteiger charge is -2.32. The molecule has 4 N–H and O–H groups in total. The van der Waals surface area contributed by atoms with E-state index in [4.69, 9.17) is 18.9 Å². The summed E-state index contributed by atoms with van der Waals surface area (Å²) in [4.78, 5) is 24.7. The van der Waals surface area contributed by atoms with Crippen molar-refractivity contribution in [2.45, 2.75) is 135 Å². The molecular weight excluding hydrogens is 652 g/mol. The van der Waals surface area contributed by atoms with E-state index in [1.165, 1.54) is 19.9 Å². The van der Waals surface area contributed by atoms with Gasteiger partial charge < -0.3 is 39.6 Å². The van der Waals surface area contributed by atoms with Gasteiger partial charge in [-0.15, -0.1) is 0 Å². The van der Waals surface area contributed by atoms with E-state index in [9.17, 15) is 33.7 Å². The van der Waals surface area contributed by atoms with Crippen LogP contribution in [0.25, 0.3) is 0 Å². The number of carbonyl (C=O) groups excluding carboxylic acids is 2. The van der Waals surface area contributed by atoms with Gasteiger partial charge in [-0.2, -0.15) is 0 Å². The molecule has 12 heteroatoms. The third kappa shape index (κ3) is 11.5. The van der Waals surface area contributed by atoms with Crippen molar-refractivity contribution >= 4 is 11.9 Å². The maximum Gasteiger partial charge on any atom is 0.309 e. The lowest BCUT2D eigenvalue weighted by atomic mass is 9.87. The van der Waals surface area contributed by atoms with E-state index in [0.29, 0.717) is 11.1 Å². The predicted molar refractivity (Wildman–Crippen MR) is 184 cm³/mol. The van der Waals surface area contributed by atoms with Crippen LogP contribution in [0, 0.1) is 23.5 Å². The Morgan fingerprint density at radius 1 is 1.22 bits per heavy atom. The Labute approximate surface area is 294 Å². The van der Waals surface area contributed by atoms with E-state index < -0.39 is 71.2 Å². The minimum atomic E-state index is -1.50. The van der Waals surface area contributed by atoms with E-state index in [1.54, 1.807) is 58.3 Å². The van der Waals surface area contributed by atoms with Crippen molar-refractivity contribution < 1.29 is 52.6 Å². The Bertz CT molecular complexity index is 1390. The van der Waals surface area contributed by atoms with Gasteiger partial charge >= 0.3 is 11.9 Å². The molecular formula is C38H55F2NO9. The van der Waals surface area contributed by atoms with Crippen molar-refractivity contribution in [3.63, 3.8) is 0 Å². The Morgan fingerprint density at radius 2 is 1.92 bits per heavy atom. The molecule has 10 nitrogen and oxygen atoms in total. The van der Waals surface area contributed by atoms with Crippen molar-refractivity contribution in [2.24, 2.45) is 11.8 Å². The second-order valence-corrected chi connectivity index (χ2v) is 14.1. The van der Waals surface area contributed by atoms with Crippen molar-refractivity contribution in [1.82, 2.24) is 5.32 Å². The summed E-state index contributed by atoms with van der Waals surface area (Å²) >= 11 is 0. The Morgan fingerprint density at radius 3 is 2.54 bits per heavy atom. The molecule has 0 amide bonds. The van der Waals surface area contributed by atoms with Gasteiger partial charge in [0.25, 0.3) is 0 Å². The van der Waals surface area contributed by atoms with Gasteiger partial charge in [-0.1, -0.05) is 51.1 Å². The first-order chi connectivity index (χ1) is 23.4. The maximum atomic E-state index is 14.0. The lowest BCUT2D eigenvalue weighted by molar-refractivity contribution is -0.157. The normalized spacial score (nSPS) is 31.8. The van der Waals surface area contributed by atoms with Crippen molar-refractivity contribution in [1.29, 1.82) is 0 Å². The summed E-state index contributed by atoms with van der Waals surface area (Å²) in [6.45, 7) is 12.1. The van der Waals surface area contributed by atoms with Crippen LogP contribution in [0.15, 0.2) is 54.2 Å². The van der Waals surface area contributed by atoms with Crippen LogP contribution in [0.3, 0.4) is 0 Å². The zero-order chi connectivity index (χ0) is 37.4. The summed E-state index contributed by atoms with van der Waals surface area (Å²) in [5, 5.41) is 36.7. The fourth-order valence-corrected chi connectivity index (χ4v) is 6.55. The summed E-state index contributed by atoms with van der Waals surface area (Å²) in [6, 6.07) is 2.98. The smallest absolute Gasteiger partial charge is 0.309 e. The zero-order valence-corrected chi connectivity index (χ0v) is 30.4. The summed E-state index contributed by atoms with van der Waals surface area (Å²) in [5.41, 5.74) is -1.87. The highest BCUT2D eigenvalue weighted by atomic mass is 19.2. The first kappa shape index (κ1) is 41.4. The number of halogens is 2. The summed E-state index contributed by atoms with van der Waals surface area (Å²) in [7, 11) is 1.65. The maximum absolute atomic E-state index is 14.0. The minimum Gasteiger partial charge on any atom is -0.457 e. The number of carbonyl (C=O) groups is 2. The molecule has 280 valence electrons. The number of methoxy groups -OCH3 is 1. The van der Waals surface area contributed by atoms with Crippen LogP contribution in [0.5, 0.6) is 0 Å². The van der Waals surface area contributed by atoms with E-state index in [-0.39, 0.29) is 43.9 Å². The van der Waals surface area contributed by atoms with Crippen molar-refractivity contribution in [2.75, 3.05) is 7.11 Å². The topological polar surface area (TPSA) is 147 Å². The summed E-state index contributed by atoms with van der Waals surface area (Å²) in [5.74, 6) is -3.51. The molecule has 2 unspecified atom stereocenters. The van der Waals surface area contributed by atoms with Crippen molar-refractivity contribution in [3.05, 3.63) is 71.4 Å². The zero-order valence-electron chi connectivity index (χ0n) is 30.4. The van der Waals surface area contributed by atoms with Crippen LogP contribution in [-0.2, 0) is 35.1 Å². The van der Waals surface area contributed by atoms with Gasteiger partial charge in [0.1, 0.15) is 23.9 Å². The van der Waals surface area contributed by atoms with Gasteiger partial charge in [-0.3, -0.25) is 9.59 Å². The van der Waals surface area contributed by atoms with Gasteiger partial charge in [-0.05, 0) is 69.4 Å². The number of hydrogen-bond acceptors (Lipinski definition) is 10. The number of hydrogen-bond donors (Lipinski definition) is 4. The Hall–Kier alpha value is -3.00. The van der Waals surface area contributed by atoms with Crippen molar-refractivity contribution in [3.8, 4) is 0 Å². The molecule has 2 aliphatic heterocycles. The number of aliphatic hydroxyl groups excluding tert-OH is 1. The number of aliphatic hydroxyl groups is 3. The second-order valence-electron chi connectivity index (χ2n) is 14.1. The van der Waals surface area contributed by atoms with Crippen LogP contribution >= 0.6 is 0 Å². The average molecular weight is 708 g/mol. The highest BCUT2D eigenvalue weighted by Gasteiger charge is 2.54. The van der Waals surface area contributed by atoms with Gasteiger partial charge in [0.05, 0.1) is 36.4 Å². The monoisotopic (exact) mass is 707 g/mol. The molecule has 1 saturated heterocycles. The fourth-order valence-electron chi connectivity index (χ4n) is 6.55. The number of cyclic esters (lactones) is 1. The molecule has 2 aliphatic rings. The number of allylic oxidation sites excluding steroid dienone is 2. The summed E-state index contributed by atoms with van der Waals surface area (Å²) in [6.07, 6.45) is 5.35. The quantitative estimate of drug-likeness (QED) is 0.0973. The van der Waals surface area contributed by atoms with Crippen LogP contribution in [0.2, 0.25) is 0 Å². The van der Waals surface area contributed by atoms with E-state index in [0.717, 1.165) is 18.6 Å². The molecule has 11 atom stereocenters. The highest BCUT2D eigenvalue weighted by Crippen LogP contribution is 2.39. The molecule has 1 aromatic rings. The average Bonchev–Trinajstić information content (AvgIpc) is 3.82. The summed E-state index contributed by atoms with van der Waals surface area (Å²) < 4.78 is 50.4. The van der Waals surface area contributed by atoms with Crippen LogP contribution in [0.4, 0.5) is 8.78 Å². The third-order valence-corrected chi connectivity index (χ3v) is 9.70. The Balaban J connectivity index is 1.88. The molecule has 0 spiro atoms. The number of esters is 2. The number of rotatable bonds is 13. The molecule has 0 radical (unpaired) electrons. The lowest BCUT2D eigenvalue weighted by Crippen LogP contribution is -2.52. The first-order valence-corrected chi connectivity index (χ1v) is 17.3. The Kier molecular flexibility index (Phi) is 14.9. The highest BCUT2D eigenvalue weighted by molar-refractivity contribution is 5.70. The standard InChI is InChI=1S/C38H55F2NO9/c1-9-30(47-8)24(4)34-35(50-34)36(41-21-26-13-14-28(39)29(40)19-26)38(7,46)17-10-11-22(2)33-23(3)12-15-31(48-25(5)42)37(6,45)18-16-27(43)20-32(44)49-33/h10-15,17,19,23-24,27,30-31,33-36,41,43,45-46H,9,16,18,20-21H2,1-8H3/b15-12+,17-10+,22-11+/t23-,24+,27+,30-,31-,33+,34+,35-,36?,37+,38?/m0/s1. The largest absolute Gasteiger partial charge is 0.457 e. The molecule has 3 rings (SSSR count). The molecule has 1 aromatic carbocycles. The van der Waals surface area contributed by atoms with Crippen LogP contribution in [-0.4, -0.2) is 88.2 Å². The first-order valence-electron chi connectivity index (χ1n) is 17.3. The van der Waals surface area contributed by atoms with E-state index >= 15 is 0 Å². The number of nitrogens with one attached hydrogen (secondary N) is 1. The second kappa shape index (κ2) is 18.0. The van der Waals surface area contributed by atoms with Gasteiger partial charge in [0.15, 0.2) is 11.6 Å². The van der Waals surface area contributed by atoms with E-state index in [1.807, 2.05) is 13.8 Å². The third-order valence-electron chi connectivity index (χ3n) is 9.70. The van der Waals surface area contributed by atoms with Crippen LogP contribution < -0.4 is 5.32 Å². The fraction of sp³-hybridized carbons (Fsp3) is 0.632. The molecule has 50 heavy (non-hydrogen) atoms. The van der Waals surface area contributed by atoms with Gasteiger partial charge in [-0.25, -0.2) is 8.78 Å². The number of ether oxygens (including phenoxy) is 4. The predicted octanol–water partition coefficient (Wildman–Crippen LogP) is 4.84. The number of epoxide rings is 1. The number of benzene rings is 1. The van der Waals surface area contributed by atoms with E-state index in [2.05, 4.69) is 5.32 Å². The minimum absolute atomic E-state index is 0.0254. The molecule has 0 aromatic heterocycles. The molecule has 0 bridgehead atoms. The molecule has 2 heterocycles.